The summed E-state index contributed by atoms with van der Waals surface area (Å²) in [7, 11) is 0. The molecule has 2 heterocycles. The largest absolute Gasteiger partial charge is 0.348 e. The topological polar surface area (TPSA) is 42.1 Å². The van der Waals surface area contributed by atoms with Crippen molar-refractivity contribution in [1.82, 2.24) is 4.98 Å². The standard InChI is InChI=1S/C11H19N3S/c1-8-3-4-14(6-10(8)5-12)11-13-9(2)7-15-11/h7-8,10H,3-6,12H2,1-2H3. The number of hydrogen-bond acceptors (Lipinski definition) is 4. The summed E-state index contributed by atoms with van der Waals surface area (Å²) in [4.78, 5) is 6.92. The number of nitrogens with zero attached hydrogens (tertiary/aromatic N) is 2. The van der Waals surface area contributed by atoms with Crippen molar-refractivity contribution in [1.29, 1.82) is 0 Å². The molecule has 4 heteroatoms. The Hall–Kier alpha value is -0.610. The highest BCUT2D eigenvalue weighted by atomic mass is 32.1. The maximum atomic E-state index is 5.80. The number of piperidine rings is 1. The Labute approximate surface area is 95.3 Å². The zero-order valence-corrected chi connectivity index (χ0v) is 10.3. The summed E-state index contributed by atoms with van der Waals surface area (Å²) in [6.45, 7) is 7.35. The Kier molecular flexibility index (Phi) is 3.26. The molecule has 0 saturated carbocycles. The van der Waals surface area contributed by atoms with Crippen molar-refractivity contribution in [2.45, 2.75) is 20.3 Å². The fourth-order valence-corrected chi connectivity index (χ4v) is 2.96. The molecule has 1 aromatic rings. The van der Waals surface area contributed by atoms with Gasteiger partial charge in [-0.15, -0.1) is 11.3 Å². The van der Waals surface area contributed by atoms with Crippen molar-refractivity contribution >= 4 is 16.5 Å². The molecule has 2 unspecified atom stereocenters. The van der Waals surface area contributed by atoms with Gasteiger partial charge < -0.3 is 10.6 Å². The van der Waals surface area contributed by atoms with E-state index in [1.165, 1.54) is 6.42 Å². The summed E-state index contributed by atoms with van der Waals surface area (Å²) in [6.07, 6.45) is 1.24. The summed E-state index contributed by atoms with van der Waals surface area (Å²) in [6, 6.07) is 0. The molecule has 0 radical (unpaired) electrons. The van der Waals surface area contributed by atoms with Gasteiger partial charge in [-0.1, -0.05) is 6.92 Å². The van der Waals surface area contributed by atoms with Crippen LogP contribution in [0.2, 0.25) is 0 Å². The van der Waals surface area contributed by atoms with Crippen LogP contribution in [-0.4, -0.2) is 24.6 Å². The second kappa shape index (κ2) is 4.49. The molecule has 2 rings (SSSR count). The van der Waals surface area contributed by atoms with E-state index in [-0.39, 0.29) is 0 Å². The lowest BCUT2D eigenvalue weighted by Crippen LogP contribution is -2.42. The van der Waals surface area contributed by atoms with Crippen molar-refractivity contribution < 1.29 is 0 Å². The maximum absolute atomic E-state index is 5.80. The summed E-state index contributed by atoms with van der Waals surface area (Å²) in [5, 5.41) is 3.28. The molecule has 1 aliphatic heterocycles. The zero-order valence-electron chi connectivity index (χ0n) is 9.44. The molecule has 0 spiro atoms. The molecular weight excluding hydrogens is 206 g/mol. The van der Waals surface area contributed by atoms with Gasteiger partial charge >= 0.3 is 0 Å². The average Bonchev–Trinajstić information content (AvgIpc) is 2.66. The van der Waals surface area contributed by atoms with E-state index >= 15 is 0 Å². The molecule has 0 aliphatic carbocycles. The Morgan fingerprint density at radius 1 is 1.67 bits per heavy atom. The third kappa shape index (κ3) is 2.32. The molecule has 1 saturated heterocycles. The Balaban J connectivity index is 2.06. The first-order valence-electron chi connectivity index (χ1n) is 5.58. The van der Waals surface area contributed by atoms with Crippen LogP contribution in [0.15, 0.2) is 5.38 Å². The van der Waals surface area contributed by atoms with Crippen LogP contribution in [-0.2, 0) is 0 Å². The first-order chi connectivity index (χ1) is 7.20. The van der Waals surface area contributed by atoms with E-state index in [0.717, 1.165) is 36.4 Å². The van der Waals surface area contributed by atoms with E-state index < -0.39 is 0 Å². The minimum atomic E-state index is 0.628. The van der Waals surface area contributed by atoms with Crippen LogP contribution in [0.1, 0.15) is 19.0 Å². The van der Waals surface area contributed by atoms with Crippen LogP contribution in [0.5, 0.6) is 0 Å². The van der Waals surface area contributed by atoms with E-state index in [0.29, 0.717) is 5.92 Å². The van der Waals surface area contributed by atoms with Crippen molar-refractivity contribution in [3.63, 3.8) is 0 Å². The van der Waals surface area contributed by atoms with Crippen LogP contribution in [0.25, 0.3) is 0 Å². The lowest BCUT2D eigenvalue weighted by molar-refractivity contribution is 0.307. The number of aryl methyl sites for hydroxylation is 1. The lowest BCUT2D eigenvalue weighted by atomic mass is 9.87. The van der Waals surface area contributed by atoms with Gasteiger partial charge in [-0.25, -0.2) is 4.98 Å². The Morgan fingerprint density at radius 2 is 2.47 bits per heavy atom. The first kappa shape index (κ1) is 10.9. The Bertz CT molecular complexity index is 323. The van der Waals surface area contributed by atoms with E-state index in [9.17, 15) is 0 Å². The van der Waals surface area contributed by atoms with Gasteiger partial charge in [0.2, 0.25) is 0 Å². The molecule has 2 atom stereocenters. The average molecular weight is 225 g/mol. The number of anilines is 1. The quantitative estimate of drug-likeness (QED) is 0.835. The van der Waals surface area contributed by atoms with Gasteiger partial charge in [0.05, 0.1) is 5.69 Å². The van der Waals surface area contributed by atoms with Crippen molar-refractivity contribution in [2.24, 2.45) is 17.6 Å². The van der Waals surface area contributed by atoms with Crippen molar-refractivity contribution in [2.75, 3.05) is 24.5 Å². The van der Waals surface area contributed by atoms with E-state index in [2.05, 4.69) is 22.2 Å². The molecule has 84 valence electrons. The van der Waals surface area contributed by atoms with Gasteiger partial charge in [0.15, 0.2) is 5.13 Å². The zero-order chi connectivity index (χ0) is 10.8. The fourth-order valence-electron chi connectivity index (χ4n) is 2.12. The van der Waals surface area contributed by atoms with Gasteiger partial charge in [-0.05, 0) is 31.7 Å². The van der Waals surface area contributed by atoms with Crippen molar-refractivity contribution in [3.8, 4) is 0 Å². The number of thiazole rings is 1. The molecule has 2 N–H and O–H groups in total. The van der Waals surface area contributed by atoms with Crippen LogP contribution < -0.4 is 10.6 Å². The van der Waals surface area contributed by atoms with Crippen LogP contribution in [0, 0.1) is 18.8 Å². The van der Waals surface area contributed by atoms with E-state index in [4.69, 9.17) is 5.73 Å². The normalized spacial score (nSPS) is 27.0. The van der Waals surface area contributed by atoms with Gasteiger partial charge in [0, 0.05) is 18.5 Å². The lowest BCUT2D eigenvalue weighted by Gasteiger charge is -2.36. The Morgan fingerprint density at radius 3 is 3.07 bits per heavy atom. The third-order valence-electron chi connectivity index (χ3n) is 3.29. The molecule has 0 bridgehead atoms. The summed E-state index contributed by atoms with van der Waals surface area (Å²) in [5.41, 5.74) is 6.92. The van der Waals surface area contributed by atoms with Crippen molar-refractivity contribution in [3.05, 3.63) is 11.1 Å². The first-order valence-corrected chi connectivity index (χ1v) is 6.46. The molecule has 1 fully saturated rings. The molecule has 1 aromatic heterocycles. The van der Waals surface area contributed by atoms with Crippen LogP contribution >= 0.6 is 11.3 Å². The number of rotatable bonds is 2. The second-order valence-corrected chi connectivity index (χ2v) is 5.32. The second-order valence-electron chi connectivity index (χ2n) is 4.48. The molecule has 15 heavy (non-hydrogen) atoms. The highest BCUT2D eigenvalue weighted by Gasteiger charge is 2.26. The summed E-state index contributed by atoms with van der Waals surface area (Å²) >= 11 is 1.74. The van der Waals surface area contributed by atoms with Gasteiger partial charge in [0.1, 0.15) is 0 Å². The predicted octanol–water partition coefficient (Wildman–Crippen LogP) is 1.87. The maximum Gasteiger partial charge on any atom is 0.185 e. The highest BCUT2D eigenvalue weighted by Crippen LogP contribution is 2.28. The number of nitrogens with two attached hydrogens (primary N) is 1. The molecule has 3 nitrogen and oxygen atoms in total. The minimum absolute atomic E-state index is 0.628. The fraction of sp³-hybridized carbons (Fsp3) is 0.727. The SMILES string of the molecule is Cc1csc(N2CCC(C)C(CN)C2)n1. The van der Waals surface area contributed by atoms with Gasteiger partial charge in [-0.2, -0.15) is 0 Å². The van der Waals surface area contributed by atoms with Gasteiger partial charge in [0.25, 0.3) is 0 Å². The smallest absolute Gasteiger partial charge is 0.185 e. The van der Waals surface area contributed by atoms with E-state index in [1.807, 2.05) is 6.92 Å². The van der Waals surface area contributed by atoms with Gasteiger partial charge in [-0.3, -0.25) is 0 Å². The number of aromatic nitrogens is 1. The molecule has 0 amide bonds. The summed E-state index contributed by atoms with van der Waals surface area (Å²) in [5.74, 6) is 1.38. The highest BCUT2D eigenvalue weighted by molar-refractivity contribution is 7.13. The van der Waals surface area contributed by atoms with E-state index in [1.54, 1.807) is 11.3 Å². The summed E-state index contributed by atoms with van der Waals surface area (Å²) < 4.78 is 0. The molecular formula is C11H19N3S. The minimum Gasteiger partial charge on any atom is -0.348 e. The third-order valence-corrected chi connectivity index (χ3v) is 4.31. The predicted molar refractivity (Wildman–Crippen MR) is 65.4 cm³/mol. The number of hydrogen-bond donors (Lipinski definition) is 1. The molecule has 0 aromatic carbocycles. The monoisotopic (exact) mass is 225 g/mol. The van der Waals surface area contributed by atoms with Crippen LogP contribution in [0.3, 0.4) is 0 Å². The van der Waals surface area contributed by atoms with Crippen LogP contribution in [0.4, 0.5) is 5.13 Å². The molecule has 1 aliphatic rings.